The van der Waals surface area contributed by atoms with Crippen molar-refractivity contribution in [2.75, 3.05) is 0 Å². The van der Waals surface area contributed by atoms with Crippen molar-refractivity contribution in [1.82, 2.24) is 0 Å². The molecule has 0 aromatic carbocycles. The Labute approximate surface area is 88.1 Å². The van der Waals surface area contributed by atoms with Gasteiger partial charge in [-0.2, -0.15) is 13.2 Å². The van der Waals surface area contributed by atoms with Gasteiger partial charge in [0.1, 0.15) is 0 Å². The predicted molar refractivity (Wildman–Crippen MR) is 51.4 cm³/mol. The van der Waals surface area contributed by atoms with Crippen LogP contribution in [0.3, 0.4) is 0 Å². The molecule has 0 aromatic rings. The Morgan fingerprint density at radius 3 is 1.87 bits per heavy atom. The summed E-state index contributed by atoms with van der Waals surface area (Å²) in [4.78, 5) is 0. The van der Waals surface area contributed by atoms with Crippen molar-refractivity contribution in [2.45, 2.75) is 58.4 Å². The fourth-order valence-electron chi connectivity index (χ4n) is 1.25. The van der Waals surface area contributed by atoms with Gasteiger partial charge in [-0.3, -0.25) is 0 Å². The number of halogens is 3. The third-order valence-corrected chi connectivity index (χ3v) is 2.21. The zero-order valence-corrected chi connectivity index (χ0v) is 9.30. The molecule has 0 rings (SSSR count). The molecule has 0 fully saturated rings. The minimum absolute atomic E-state index is 0.0298. The quantitative estimate of drug-likeness (QED) is 0.776. The molecule has 0 amide bonds. The van der Waals surface area contributed by atoms with Crippen molar-refractivity contribution in [1.29, 1.82) is 0 Å². The lowest BCUT2D eigenvalue weighted by molar-refractivity contribution is -0.138. The van der Waals surface area contributed by atoms with Gasteiger partial charge >= 0.3 is 6.18 Å². The van der Waals surface area contributed by atoms with E-state index in [1.807, 2.05) is 0 Å². The Morgan fingerprint density at radius 1 is 1.07 bits per heavy atom. The van der Waals surface area contributed by atoms with Crippen molar-refractivity contribution in [3.05, 3.63) is 0 Å². The molecule has 2 unspecified atom stereocenters. The van der Waals surface area contributed by atoms with Crippen molar-refractivity contribution in [2.24, 2.45) is 5.41 Å². The molecule has 0 aromatic heterocycles. The second kappa shape index (κ2) is 5.16. The molecule has 0 saturated heterocycles. The second-order valence-electron chi connectivity index (χ2n) is 4.89. The maximum atomic E-state index is 11.8. The van der Waals surface area contributed by atoms with Crippen LogP contribution in [0.4, 0.5) is 13.2 Å². The predicted octanol–water partition coefficient (Wildman–Crippen LogP) is 2.49. The highest BCUT2D eigenvalue weighted by atomic mass is 19.4. The van der Waals surface area contributed by atoms with Crippen LogP contribution >= 0.6 is 0 Å². The summed E-state index contributed by atoms with van der Waals surface area (Å²) in [5.41, 5.74) is -0.516. The Morgan fingerprint density at radius 2 is 1.53 bits per heavy atom. The van der Waals surface area contributed by atoms with Crippen LogP contribution in [0.15, 0.2) is 0 Å². The van der Waals surface area contributed by atoms with E-state index in [2.05, 4.69) is 0 Å². The van der Waals surface area contributed by atoms with E-state index in [0.29, 0.717) is 0 Å². The third-order valence-electron chi connectivity index (χ3n) is 2.21. The van der Waals surface area contributed by atoms with E-state index in [0.717, 1.165) is 0 Å². The van der Waals surface area contributed by atoms with Gasteiger partial charge in [0.05, 0.1) is 12.2 Å². The highest BCUT2D eigenvalue weighted by molar-refractivity contribution is 4.79. The normalized spacial score (nSPS) is 17.6. The smallest absolute Gasteiger partial charge is 0.389 e. The zero-order chi connectivity index (χ0) is 12.3. The Hall–Kier alpha value is -0.290. The van der Waals surface area contributed by atoms with Gasteiger partial charge in [0.15, 0.2) is 0 Å². The number of hydrogen-bond acceptors (Lipinski definition) is 2. The Bertz CT molecular complexity index is 184. The zero-order valence-electron chi connectivity index (χ0n) is 9.30. The number of aliphatic hydroxyl groups excluding tert-OH is 2. The van der Waals surface area contributed by atoms with E-state index in [9.17, 15) is 23.4 Å². The lowest BCUT2D eigenvalue weighted by atomic mass is 9.84. The molecular weight excluding hydrogens is 209 g/mol. The average molecular weight is 228 g/mol. The van der Waals surface area contributed by atoms with E-state index < -0.39 is 30.2 Å². The summed E-state index contributed by atoms with van der Waals surface area (Å²) < 4.78 is 35.4. The summed E-state index contributed by atoms with van der Waals surface area (Å²) in [6.45, 7) is 5.18. The highest BCUT2D eigenvalue weighted by Gasteiger charge is 2.31. The topological polar surface area (TPSA) is 40.5 Å². The van der Waals surface area contributed by atoms with Gasteiger partial charge < -0.3 is 10.2 Å². The first kappa shape index (κ1) is 14.7. The fraction of sp³-hybridized carbons (Fsp3) is 1.00. The summed E-state index contributed by atoms with van der Waals surface area (Å²) in [7, 11) is 0. The maximum Gasteiger partial charge on any atom is 0.389 e. The molecule has 92 valence electrons. The van der Waals surface area contributed by atoms with Gasteiger partial charge in [-0.15, -0.1) is 0 Å². The van der Waals surface area contributed by atoms with E-state index in [1.54, 1.807) is 20.8 Å². The SMILES string of the molecule is CC(C)(C)C(O)C(O)CCCC(F)(F)F. The molecule has 2 N–H and O–H groups in total. The molecule has 5 heteroatoms. The summed E-state index contributed by atoms with van der Waals surface area (Å²) in [5, 5.41) is 19.0. The van der Waals surface area contributed by atoms with E-state index in [-0.39, 0.29) is 12.8 Å². The van der Waals surface area contributed by atoms with Gasteiger partial charge in [-0.25, -0.2) is 0 Å². The van der Waals surface area contributed by atoms with Crippen LogP contribution in [0.25, 0.3) is 0 Å². The van der Waals surface area contributed by atoms with Crippen LogP contribution in [0.1, 0.15) is 40.0 Å². The van der Waals surface area contributed by atoms with Crippen LogP contribution in [-0.4, -0.2) is 28.6 Å². The van der Waals surface area contributed by atoms with Crippen molar-refractivity contribution < 1.29 is 23.4 Å². The lowest BCUT2D eigenvalue weighted by Gasteiger charge is -2.30. The lowest BCUT2D eigenvalue weighted by Crippen LogP contribution is -2.37. The van der Waals surface area contributed by atoms with Gasteiger partial charge in [0.25, 0.3) is 0 Å². The minimum atomic E-state index is -4.19. The van der Waals surface area contributed by atoms with Gasteiger partial charge in [-0.1, -0.05) is 20.8 Å². The first-order valence-corrected chi connectivity index (χ1v) is 4.97. The Kier molecular flexibility index (Phi) is 5.06. The molecule has 2 nitrogen and oxygen atoms in total. The molecule has 0 saturated carbocycles. The first-order valence-electron chi connectivity index (χ1n) is 4.97. The molecule has 0 bridgehead atoms. The van der Waals surface area contributed by atoms with Crippen molar-refractivity contribution >= 4 is 0 Å². The maximum absolute atomic E-state index is 11.8. The fourth-order valence-corrected chi connectivity index (χ4v) is 1.25. The van der Waals surface area contributed by atoms with E-state index >= 15 is 0 Å². The monoisotopic (exact) mass is 228 g/mol. The number of alkyl halides is 3. The van der Waals surface area contributed by atoms with E-state index in [4.69, 9.17) is 0 Å². The minimum Gasteiger partial charge on any atom is -0.390 e. The Balaban J connectivity index is 3.90. The van der Waals surface area contributed by atoms with Gasteiger partial charge in [0.2, 0.25) is 0 Å². The van der Waals surface area contributed by atoms with Crippen LogP contribution in [0.2, 0.25) is 0 Å². The van der Waals surface area contributed by atoms with Crippen molar-refractivity contribution in [3.8, 4) is 0 Å². The molecule has 0 aliphatic rings. The molecule has 15 heavy (non-hydrogen) atoms. The van der Waals surface area contributed by atoms with Gasteiger partial charge in [-0.05, 0) is 18.3 Å². The van der Waals surface area contributed by atoms with Crippen LogP contribution < -0.4 is 0 Å². The second-order valence-corrected chi connectivity index (χ2v) is 4.89. The molecule has 0 spiro atoms. The average Bonchev–Trinajstić information content (AvgIpc) is 1.98. The molecule has 0 aliphatic carbocycles. The molecule has 0 heterocycles. The summed E-state index contributed by atoms with van der Waals surface area (Å²) in [6.07, 6.45) is -7.37. The van der Waals surface area contributed by atoms with Crippen LogP contribution in [0, 0.1) is 5.41 Å². The largest absolute Gasteiger partial charge is 0.390 e. The van der Waals surface area contributed by atoms with Crippen LogP contribution in [-0.2, 0) is 0 Å². The highest BCUT2D eigenvalue weighted by Crippen LogP contribution is 2.26. The van der Waals surface area contributed by atoms with Crippen LogP contribution in [0.5, 0.6) is 0 Å². The number of rotatable bonds is 4. The molecule has 0 aliphatic heterocycles. The molecule has 2 atom stereocenters. The first-order chi connectivity index (χ1) is 6.54. The summed E-state index contributed by atoms with van der Waals surface area (Å²) in [6, 6.07) is 0. The number of aliphatic hydroxyl groups is 2. The molecular formula is C10H19F3O2. The standard InChI is InChI=1S/C10H19F3O2/c1-9(2,3)8(15)7(14)5-4-6-10(11,12)13/h7-8,14-15H,4-6H2,1-3H3. The molecule has 0 radical (unpaired) electrons. The van der Waals surface area contributed by atoms with E-state index in [1.165, 1.54) is 0 Å². The van der Waals surface area contributed by atoms with Gasteiger partial charge in [0, 0.05) is 6.42 Å². The third kappa shape index (κ3) is 6.73. The summed E-state index contributed by atoms with van der Waals surface area (Å²) in [5.74, 6) is 0. The van der Waals surface area contributed by atoms with Crippen molar-refractivity contribution in [3.63, 3.8) is 0 Å². The number of hydrogen-bond donors (Lipinski definition) is 2. The summed E-state index contributed by atoms with van der Waals surface area (Å²) >= 11 is 0.